The molecule has 0 saturated carbocycles. The highest BCUT2D eigenvalue weighted by molar-refractivity contribution is 5.67. The SMILES string of the molecule is CC(C)CC(CNc1nccn1C)CC(=O)O. The Morgan fingerprint density at radius 2 is 2.29 bits per heavy atom. The summed E-state index contributed by atoms with van der Waals surface area (Å²) in [5.41, 5.74) is 0. The van der Waals surface area contributed by atoms with Crippen LogP contribution in [0.5, 0.6) is 0 Å². The molecule has 0 radical (unpaired) electrons. The largest absolute Gasteiger partial charge is 0.481 e. The average Bonchev–Trinajstić information content (AvgIpc) is 2.59. The van der Waals surface area contributed by atoms with Gasteiger partial charge in [-0.05, 0) is 18.3 Å². The van der Waals surface area contributed by atoms with Gasteiger partial charge in [0.15, 0.2) is 0 Å². The fourth-order valence-corrected chi connectivity index (χ4v) is 1.92. The molecule has 0 spiro atoms. The maximum absolute atomic E-state index is 10.8. The Labute approximate surface area is 102 Å². The van der Waals surface area contributed by atoms with Gasteiger partial charge < -0.3 is 15.0 Å². The minimum absolute atomic E-state index is 0.143. The van der Waals surface area contributed by atoms with E-state index in [0.29, 0.717) is 12.5 Å². The minimum atomic E-state index is -0.739. The van der Waals surface area contributed by atoms with E-state index < -0.39 is 5.97 Å². The molecule has 0 aliphatic carbocycles. The van der Waals surface area contributed by atoms with Gasteiger partial charge in [-0.3, -0.25) is 4.79 Å². The van der Waals surface area contributed by atoms with Crippen molar-refractivity contribution in [1.82, 2.24) is 9.55 Å². The number of hydrogen-bond acceptors (Lipinski definition) is 3. The fraction of sp³-hybridized carbons (Fsp3) is 0.667. The van der Waals surface area contributed by atoms with Crippen molar-refractivity contribution in [2.45, 2.75) is 26.7 Å². The first kappa shape index (κ1) is 13.5. The summed E-state index contributed by atoms with van der Waals surface area (Å²) >= 11 is 0. The van der Waals surface area contributed by atoms with E-state index in [2.05, 4.69) is 24.1 Å². The van der Waals surface area contributed by atoms with Gasteiger partial charge in [0.2, 0.25) is 5.95 Å². The molecule has 1 aromatic rings. The van der Waals surface area contributed by atoms with Gasteiger partial charge in [0.25, 0.3) is 0 Å². The lowest BCUT2D eigenvalue weighted by atomic mass is 9.94. The molecule has 0 aromatic carbocycles. The molecule has 5 heteroatoms. The molecule has 0 saturated heterocycles. The predicted octanol–water partition coefficient (Wildman–Crippen LogP) is 1.97. The molecular formula is C12H21N3O2. The third-order valence-corrected chi connectivity index (χ3v) is 2.64. The second-order valence-corrected chi connectivity index (χ2v) is 4.84. The summed E-state index contributed by atoms with van der Waals surface area (Å²) in [4.78, 5) is 14.9. The number of carboxylic acid groups (broad SMARTS) is 1. The van der Waals surface area contributed by atoms with Crippen LogP contribution in [0, 0.1) is 11.8 Å². The molecule has 0 aliphatic heterocycles. The predicted molar refractivity (Wildman–Crippen MR) is 66.9 cm³/mol. The Morgan fingerprint density at radius 3 is 2.76 bits per heavy atom. The summed E-state index contributed by atoms with van der Waals surface area (Å²) in [7, 11) is 1.91. The second-order valence-electron chi connectivity index (χ2n) is 4.84. The van der Waals surface area contributed by atoms with Gasteiger partial charge in [0.05, 0.1) is 0 Å². The molecule has 17 heavy (non-hydrogen) atoms. The number of nitrogens with zero attached hydrogens (tertiary/aromatic N) is 2. The van der Waals surface area contributed by atoms with E-state index in [4.69, 9.17) is 5.11 Å². The zero-order valence-electron chi connectivity index (χ0n) is 10.7. The first-order valence-electron chi connectivity index (χ1n) is 5.92. The average molecular weight is 239 g/mol. The summed E-state index contributed by atoms with van der Waals surface area (Å²) in [6, 6.07) is 0. The first-order valence-corrected chi connectivity index (χ1v) is 5.92. The van der Waals surface area contributed by atoms with Gasteiger partial charge in [0.1, 0.15) is 0 Å². The normalized spacial score (nSPS) is 12.7. The van der Waals surface area contributed by atoms with Crippen molar-refractivity contribution in [3.63, 3.8) is 0 Å². The minimum Gasteiger partial charge on any atom is -0.481 e. The molecule has 1 atom stereocenters. The maximum atomic E-state index is 10.8. The molecular weight excluding hydrogens is 218 g/mol. The molecule has 0 amide bonds. The number of hydrogen-bond donors (Lipinski definition) is 2. The number of anilines is 1. The lowest BCUT2D eigenvalue weighted by Crippen LogP contribution is -2.20. The van der Waals surface area contributed by atoms with Crippen molar-refractivity contribution in [1.29, 1.82) is 0 Å². The number of imidazole rings is 1. The van der Waals surface area contributed by atoms with Crippen molar-refractivity contribution in [2.75, 3.05) is 11.9 Å². The quantitative estimate of drug-likeness (QED) is 0.763. The maximum Gasteiger partial charge on any atom is 0.303 e. The molecule has 1 unspecified atom stereocenters. The number of carboxylic acids is 1. The molecule has 0 aliphatic rings. The second kappa shape index (κ2) is 6.27. The van der Waals surface area contributed by atoms with Crippen LogP contribution in [0.1, 0.15) is 26.7 Å². The monoisotopic (exact) mass is 239 g/mol. The molecule has 0 bridgehead atoms. The summed E-state index contributed by atoms with van der Waals surface area (Å²) in [6.45, 7) is 4.86. The molecule has 5 nitrogen and oxygen atoms in total. The molecule has 1 rings (SSSR count). The number of rotatable bonds is 7. The Kier molecular flexibility index (Phi) is 5.00. The smallest absolute Gasteiger partial charge is 0.303 e. The summed E-state index contributed by atoms with van der Waals surface area (Å²) in [6.07, 6.45) is 4.69. The van der Waals surface area contributed by atoms with Gasteiger partial charge in [-0.25, -0.2) is 4.98 Å². The van der Waals surface area contributed by atoms with E-state index in [1.165, 1.54) is 0 Å². The Hall–Kier alpha value is -1.52. The zero-order valence-corrected chi connectivity index (χ0v) is 10.7. The van der Waals surface area contributed by atoms with Crippen molar-refractivity contribution in [3.05, 3.63) is 12.4 Å². The van der Waals surface area contributed by atoms with Gasteiger partial charge in [-0.1, -0.05) is 13.8 Å². The fourth-order valence-electron chi connectivity index (χ4n) is 1.92. The van der Waals surface area contributed by atoms with Gasteiger partial charge in [-0.15, -0.1) is 0 Å². The molecule has 1 aromatic heterocycles. The highest BCUT2D eigenvalue weighted by atomic mass is 16.4. The molecule has 0 fully saturated rings. The van der Waals surface area contributed by atoms with E-state index in [0.717, 1.165) is 12.4 Å². The molecule has 96 valence electrons. The van der Waals surface area contributed by atoms with E-state index >= 15 is 0 Å². The van der Waals surface area contributed by atoms with Crippen LogP contribution < -0.4 is 5.32 Å². The van der Waals surface area contributed by atoms with Gasteiger partial charge >= 0.3 is 5.97 Å². The number of aliphatic carboxylic acids is 1. The van der Waals surface area contributed by atoms with Gasteiger partial charge in [0, 0.05) is 32.4 Å². The van der Waals surface area contributed by atoms with Crippen LogP contribution >= 0.6 is 0 Å². The van der Waals surface area contributed by atoms with Crippen LogP contribution in [-0.4, -0.2) is 27.2 Å². The number of aryl methyl sites for hydroxylation is 1. The third-order valence-electron chi connectivity index (χ3n) is 2.64. The molecule has 2 N–H and O–H groups in total. The van der Waals surface area contributed by atoms with Crippen LogP contribution in [-0.2, 0) is 11.8 Å². The van der Waals surface area contributed by atoms with Crippen molar-refractivity contribution >= 4 is 11.9 Å². The van der Waals surface area contributed by atoms with Crippen LogP contribution in [0.15, 0.2) is 12.4 Å². The Balaban J connectivity index is 2.48. The topological polar surface area (TPSA) is 67.2 Å². The van der Waals surface area contributed by atoms with Crippen LogP contribution in [0.25, 0.3) is 0 Å². The number of nitrogens with one attached hydrogen (secondary N) is 1. The summed E-state index contributed by atoms with van der Waals surface area (Å²) in [5.74, 6) is 0.688. The van der Waals surface area contributed by atoms with Crippen LogP contribution in [0.2, 0.25) is 0 Å². The summed E-state index contributed by atoms with van der Waals surface area (Å²) < 4.78 is 1.88. The summed E-state index contributed by atoms with van der Waals surface area (Å²) in [5, 5.41) is 12.1. The zero-order chi connectivity index (χ0) is 12.8. The Morgan fingerprint density at radius 1 is 1.59 bits per heavy atom. The molecule has 1 heterocycles. The lowest BCUT2D eigenvalue weighted by Gasteiger charge is -2.18. The Bertz CT molecular complexity index is 360. The number of aromatic nitrogens is 2. The van der Waals surface area contributed by atoms with Crippen molar-refractivity contribution in [3.8, 4) is 0 Å². The lowest BCUT2D eigenvalue weighted by molar-refractivity contribution is -0.138. The van der Waals surface area contributed by atoms with Crippen LogP contribution in [0.3, 0.4) is 0 Å². The van der Waals surface area contributed by atoms with Crippen molar-refractivity contribution < 1.29 is 9.90 Å². The van der Waals surface area contributed by atoms with Crippen molar-refractivity contribution in [2.24, 2.45) is 18.9 Å². The highest BCUT2D eigenvalue weighted by Crippen LogP contribution is 2.16. The van der Waals surface area contributed by atoms with E-state index in [-0.39, 0.29) is 12.3 Å². The standard InChI is InChI=1S/C12H21N3O2/c1-9(2)6-10(7-11(16)17)8-14-12-13-4-5-15(12)3/h4-5,9-10H,6-8H2,1-3H3,(H,13,14)(H,16,17). The van der Waals surface area contributed by atoms with Gasteiger partial charge in [-0.2, -0.15) is 0 Å². The third kappa shape index (κ3) is 4.89. The number of carbonyl (C=O) groups is 1. The highest BCUT2D eigenvalue weighted by Gasteiger charge is 2.15. The van der Waals surface area contributed by atoms with E-state index in [1.54, 1.807) is 6.20 Å². The van der Waals surface area contributed by atoms with E-state index in [1.807, 2.05) is 17.8 Å². The van der Waals surface area contributed by atoms with E-state index in [9.17, 15) is 4.79 Å². The first-order chi connectivity index (χ1) is 7.99. The van der Waals surface area contributed by atoms with Crippen LogP contribution in [0.4, 0.5) is 5.95 Å².